The molecule has 0 unspecified atom stereocenters. The van der Waals surface area contributed by atoms with Gasteiger partial charge in [0, 0.05) is 39.3 Å². The number of carbonyl (C=O) groups excluding carboxylic acids is 1. The van der Waals surface area contributed by atoms with Gasteiger partial charge in [0.05, 0.1) is 11.4 Å². The quantitative estimate of drug-likeness (QED) is 0.615. The molecule has 1 fully saturated rings. The fraction of sp³-hybridized carbons (Fsp3) is 0.320. The Bertz CT molecular complexity index is 1250. The van der Waals surface area contributed by atoms with Crippen LogP contribution in [0.3, 0.4) is 0 Å². The predicted octanol–water partition coefficient (Wildman–Crippen LogP) is 2.73. The summed E-state index contributed by atoms with van der Waals surface area (Å²) >= 11 is 0. The van der Waals surface area contributed by atoms with Crippen LogP contribution in [0, 0.1) is 0 Å². The molecule has 1 saturated heterocycles. The molecule has 5 rings (SSSR count). The van der Waals surface area contributed by atoms with Crippen molar-refractivity contribution in [1.82, 2.24) is 14.1 Å². The van der Waals surface area contributed by atoms with Crippen LogP contribution >= 0.6 is 0 Å². The molecule has 32 heavy (non-hydrogen) atoms. The van der Waals surface area contributed by atoms with Crippen LogP contribution in [0.1, 0.15) is 11.1 Å². The summed E-state index contributed by atoms with van der Waals surface area (Å²) < 4.78 is 27.8. The number of piperazine rings is 1. The second-order valence-corrected chi connectivity index (χ2v) is 10.5. The first-order chi connectivity index (χ1) is 15.5. The minimum absolute atomic E-state index is 0.0761. The monoisotopic (exact) mass is 449 g/mol. The van der Waals surface area contributed by atoms with Gasteiger partial charge >= 0.3 is 0 Å². The highest BCUT2D eigenvalue weighted by Gasteiger charge is 2.31. The third-order valence-corrected chi connectivity index (χ3v) is 8.41. The third kappa shape index (κ3) is 4.16. The highest BCUT2D eigenvalue weighted by molar-refractivity contribution is 7.89. The van der Waals surface area contributed by atoms with E-state index in [-0.39, 0.29) is 5.91 Å². The van der Waals surface area contributed by atoms with Crippen LogP contribution in [-0.2, 0) is 27.8 Å². The lowest BCUT2D eigenvalue weighted by molar-refractivity contribution is -0.133. The molecule has 0 saturated carbocycles. The number of rotatable bonds is 4. The van der Waals surface area contributed by atoms with Crippen molar-refractivity contribution in [3.63, 3.8) is 0 Å². The first kappa shape index (κ1) is 21.1. The zero-order chi connectivity index (χ0) is 22.1. The van der Waals surface area contributed by atoms with E-state index in [2.05, 4.69) is 23.1 Å². The van der Waals surface area contributed by atoms with Crippen molar-refractivity contribution >= 4 is 26.7 Å². The van der Waals surface area contributed by atoms with Gasteiger partial charge in [-0.15, -0.1) is 0 Å². The minimum Gasteiger partial charge on any atom is -0.339 e. The van der Waals surface area contributed by atoms with Crippen LogP contribution in [0.25, 0.3) is 10.8 Å². The topological polar surface area (TPSA) is 60.9 Å². The van der Waals surface area contributed by atoms with Crippen molar-refractivity contribution in [1.29, 1.82) is 0 Å². The smallest absolute Gasteiger partial charge is 0.243 e. The minimum atomic E-state index is -3.58. The summed E-state index contributed by atoms with van der Waals surface area (Å²) in [6.45, 7) is 3.54. The number of hydrogen-bond acceptors (Lipinski definition) is 4. The Morgan fingerprint density at radius 2 is 1.47 bits per heavy atom. The number of carbonyl (C=O) groups is 1. The molecule has 0 atom stereocenters. The van der Waals surface area contributed by atoms with Gasteiger partial charge in [-0.1, -0.05) is 54.6 Å². The fourth-order valence-electron chi connectivity index (χ4n) is 4.64. The molecule has 166 valence electrons. The van der Waals surface area contributed by atoms with Crippen molar-refractivity contribution < 1.29 is 13.2 Å². The summed E-state index contributed by atoms with van der Waals surface area (Å²) in [6, 6.07) is 21.4. The Kier molecular flexibility index (Phi) is 5.71. The Morgan fingerprint density at radius 3 is 2.25 bits per heavy atom. The predicted molar refractivity (Wildman–Crippen MR) is 125 cm³/mol. The molecular formula is C25H27N3O3S. The largest absolute Gasteiger partial charge is 0.339 e. The maximum absolute atomic E-state index is 13.2. The van der Waals surface area contributed by atoms with Crippen molar-refractivity contribution in [3.05, 3.63) is 77.9 Å². The molecule has 2 aliphatic heterocycles. The zero-order valence-electron chi connectivity index (χ0n) is 18.0. The van der Waals surface area contributed by atoms with Crippen LogP contribution in [0.2, 0.25) is 0 Å². The van der Waals surface area contributed by atoms with Gasteiger partial charge < -0.3 is 4.90 Å². The zero-order valence-corrected chi connectivity index (χ0v) is 18.8. The molecule has 0 aromatic heterocycles. The summed E-state index contributed by atoms with van der Waals surface area (Å²) in [4.78, 5) is 17.2. The molecule has 0 spiro atoms. The van der Waals surface area contributed by atoms with Gasteiger partial charge in [-0.2, -0.15) is 4.31 Å². The van der Waals surface area contributed by atoms with Crippen molar-refractivity contribution in [2.75, 3.05) is 39.3 Å². The Morgan fingerprint density at radius 1 is 0.781 bits per heavy atom. The lowest BCUT2D eigenvalue weighted by Crippen LogP contribution is -2.52. The lowest BCUT2D eigenvalue weighted by Gasteiger charge is -2.36. The standard InChI is InChI=1S/C25H27N3O3S/c29-25(19-26-12-11-21-6-2-4-8-23(21)18-26)27-13-15-28(16-14-27)32(30,31)24-10-9-20-5-1-3-7-22(20)17-24/h1-10,17H,11-16,18-19H2. The SMILES string of the molecule is O=C(CN1CCc2ccccc2C1)N1CCN(S(=O)(=O)c2ccc3ccccc3c2)CC1. The van der Waals surface area contributed by atoms with Crippen LogP contribution in [0.5, 0.6) is 0 Å². The average Bonchev–Trinajstić information content (AvgIpc) is 2.83. The number of fused-ring (bicyclic) bond motifs is 2. The van der Waals surface area contributed by atoms with Crippen LogP contribution < -0.4 is 0 Å². The van der Waals surface area contributed by atoms with E-state index < -0.39 is 10.0 Å². The molecule has 3 aromatic carbocycles. The summed E-state index contributed by atoms with van der Waals surface area (Å²) in [6.07, 6.45) is 0.960. The molecule has 3 aromatic rings. The fourth-order valence-corrected chi connectivity index (χ4v) is 6.09. The molecule has 6 nitrogen and oxygen atoms in total. The van der Waals surface area contributed by atoms with E-state index >= 15 is 0 Å². The van der Waals surface area contributed by atoms with E-state index in [1.165, 1.54) is 15.4 Å². The van der Waals surface area contributed by atoms with Crippen molar-refractivity contribution in [2.24, 2.45) is 0 Å². The van der Waals surface area contributed by atoms with E-state index in [9.17, 15) is 13.2 Å². The van der Waals surface area contributed by atoms with Crippen LogP contribution in [-0.4, -0.2) is 67.7 Å². The highest BCUT2D eigenvalue weighted by Crippen LogP contribution is 2.23. The Hall–Kier alpha value is -2.74. The van der Waals surface area contributed by atoms with Gasteiger partial charge in [-0.05, 0) is 40.5 Å². The molecule has 0 radical (unpaired) electrons. The molecule has 0 N–H and O–H groups in total. The maximum Gasteiger partial charge on any atom is 0.243 e. The van der Waals surface area contributed by atoms with E-state index in [0.29, 0.717) is 37.6 Å². The summed E-state index contributed by atoms with van der Waals surface area (Å²) in [5.41, 5.74) is 2.65. The number of sulfonamides is 1. The second-order valence-electron chi connectivity index (χ2n) is 8.52. The van der Waals surface area contributed by atoms with Gasteiger partial charge in [0.15, 0.2) is 0 Å². The molecule has 0 aliphatic carbocycles. The van der Waals surface area contributed by atoms with Gasteiger partial charge in [-0.3, -0.25) is 9.69 Å². The Balaban J connectivity index is 1.20. The molecule has 2 aliphatic rings. The highest BCUT2D eigenvalue weighted by atomic mass is 32.2. The molecule has 7 heteroatoms. The first-order valence-corrected chi connectivity index (χ1v) is 12.5. The van der Waals surface area contributed by atoms with E-state index in [4.69, 9.17) is 0 Å². The molecular weight excluding hydrogens is 422 g/mol. The van der Waals surface area contributed by atoms with Gasteiger partial charge in [0.25, 0.3) is 0 Å². The van der Waals surface area contributed by atoms with Crippen molar-refractivity contribution in [2.45, 2.75) is 17.9 Å². The summed E-state index contributed by atoms with van der Waals surface area (Å²) in [7, 11) is -3.58. The van der Waals surface area contributed by atoms with E-state index in [0.717, 1.165) is 30.3 Å². The normalized spacial score (nSPS) is 17.9. The lowest BCUT2D eigenvalue weighted by atomic mass is 10.00. The molecule has 1 amide bonds. The van der Waals surface area contributed by atoms with Gasteiger partial charge in [-0.25, -0.2) is 8.42 Å². The second kappa shape index (κ2) is 8.65. The maximum atomic E-state index is 13.2. The summed E-state index contributed by atoms with van der Waals surface area (Å²) in [5.74, 6) is 0.0761. The van der Waals surface area contributed by atoms with Crippen LogP contribution in [0.4, 0.5) is 0 Å². The molecule has 2 heterocycles. The number of benzene rings is 3. The van der Waals surface area contributed by atoms with Gasteiger partial charge in [0.2, 0.25) is 15.9 Å². The first-order valence-electron chi connectivity index (χ1n) is 11.1. The van der Waals surface area contributed by atoms with Gasteiger partial charge in [0.1, 0.15) is 0 Å². The molecule has 0 bridgehead atoms. The van der Waals surface area contributed by atoms with Crippen LogP contribution in [0.15, 0.2) is 71.6 Å². The van der Waals surface area contributed by atoms with E-state index in [1.807, 2.05) is 36.4 Å². The Labute approximate surface area is 189 Å². The number of nitrogens with zero attached hydrogens (tertiary/aromatic N) is 3. The number of hydrogen-bond donors (Lipinski definition) is 0. The summed E-state index contributed by atoms with van der Waals surface area (Å²) in [5, 5.41) is 1.92. The average molecular weight is 450 g/mol. The van der Waals surface area contributed by atoms with Crippen molar-refractivity contribution in [3.8, 4) is 0 Å². The number of amides is 1. The van der Waals surface area contributed by atoms with E-state index in [1.54, 1.807) is 17.0 Å². The third-order valence-electron chi connectivity index (χ3n) is 6.52.